The summed E-state index contributed by atoms with van der Waals surface area (Å²) < 4.78 is 0. The van der Waals surface area contributed by atoms with E-state index in [4.69, 9.17) is 0 Å². The molecular formula is C25H21NS. The molecule has 0 heterocycles. The Morgan fingerprint density at radius 3 is 1.89 bits per heavy atom. The number of thioether (sulfide) groups is 1. The smallest absolute Gasteiger partial charge is 0.0669 e. The number of rotatable bonds is 5. The Balaban J connectivity index is 2.12. The van der Waals surface area contributed by atoms with Gasteiger partial charge in [-0.25, -0.2) is 0 Å². The summed E-state index contributed by atoms with van der Waals surface area (Å²) in [6.45, 7) is 2.20. The van der Waals surface area contributed by atoms with Crippen LogP contribution in [0.25, 0.3) is 32.7 Å². The van der Waals surface area contributed by atoms with Crippen molar-refractivity contribution in [2.24, 2.45) is 0 Å². The molecule has 4 rings (SSSR count). The van der Waals surface area contributed by atoms with Crippen LogP contribution in [0, 0.1) is 11.3 Å². The van der Waals surface area contributed by atoms with Gasteiger partial charge >= 0.3 is 0 Å². The molecule has 0 aliphatic rings. The Bertz CT molecular complexity index is 1150. The van der Waals surface area contributed by atoms with E-state index in [2.05, 4.69) is 85.8 Å². The third-order valence-corrected chi connectivity index (χ3v) is 5.94. The molecule has 4 aromatic rings. The minimum atomic E-state index is 0.420. The fourth-order valence-electron chi connectivity index (χ4n) is 3.79. The molecule has 0 radical (unpaired) electrons. The molecule has 0 unspecified atom stereocenters. The van der Waals surface area contributed by atoms with Gasteiger partial charge in [-0.05, 0) is 49.6 Å². The van der Waals surface area contributed by atoms with Crippen molar-refractivity contribution in [1.29, 1.82) is 5.26 Å². The molecule has 0 saturated heterocycles. The van der Waals surface area contributed by atoms with Crippen molar-refractivity contribution >= 4 is 33.3 Å². The summed E-state index contributed by atoms with van der Waals surface area (Å²) in [5, 5.41) is 14.4. The SMILES string of the molecule is CCSCc1ccc2ccccc2c1-c1c(CC#N)ccc2ccccc12. The highest BCUT2D eigenvalue weighted by atomic mass is 32.2. The van der Waals surface area contributed by atoms with Gasteiger partial charge in [0.05, 0.1) is 12.5 Å². The van der Waals surface area contributed by atoms with E-state index >= 15 is 0 Å². The van der Waals surface area contributed by atoms with Gasteiger partial charge in [0.1, 0.15) is 0 Å². The van der Waals surface area contributed by atoms with Gasteiger partial charge in [-0.2, -0.15) is 17.0 Å². The van der Waals surface area contributed by atoms with Gasteiger partial charge in [-0.1, -0.05) is 79.7 Å². The molecule has 0 bridgehead atoms. The largest absolute Gasteiger partial charge is 0.198 e. The minimum absolute atomic E-state index is 0.420. The highest BCUT2D eigenvalue weighted by molar-refractivity contribution is 7.98. The van der Waals surface area contributed by atoms with Crippen molar-refractivity contribution in [3.8, 4) is 17.2 Å². The Labute approximate surface area is 164 Å². The van der Waals surface area contributed by atoms with E-state index in [0.717, 1.165) is 17.1 Å². The maximum absolute atomic E-state index is 9.43. The van der Waals surface area contributed by atoms with Gasteiger partial charge in [-0.15, -0.1) is 0 Å². The van der Waals surface area contributed by atoms with Crippen molar-refractivity contribution in [2.45, 2.75) is 19.1 Å². The predicted octanol–water partition coefficient (Wildman–Crippen LogP) is 6.98. The van der Waals surface area contributed by atoms with E-state index in [9.17, 15) is 5.26 Å². The lowest BCUT2D eigenvalue weighted by molar-refractivity contribution is 1.27. The van der Waals surface area contributed by atoms with Gasteiger partial charge < -0.3 is 0 Å². The number of hydrogen-bond acceptors (Lipinski definition) is 2. The number of fused-ring (bicyclic) bond motifs is 2. The highest BCUT2D eigenvalue weighted by Crippen LogP contribution is 2.40. The summed E-state index contributed by atoms with van der Waals surface area (Å²) in [5.41, 5.74) is 4.96. The molecular weight excluding hydrogens is 346 g/mol. The maximum atomic E-state index is 9.43. The van der Waals surface area contributed by atoms with Gasteiger partial charge in [-0.3, -0.25) is 0 Å². The van der Waals surface area contributed by atoms with Gasteiger partial charge in [0.25, 0.3) is 0 Å². The van der Waals surface area contributed by atoms with Crippen molar-refractivity contribution < 1.29 is 0 Å². The van der Waals surface area contributed by atoms with Crippen LogP contribution in [0.15, 0.2) is 72.8 Å². The molecule has 0 aliphatic heterocycles. The highest BCUT2D eigenvalue weighted by Gasteiger charge is 2.16. The molecule has 0 aliphatic carbocycles. The van der Waals surface area contributed by atoms with Crippen LogP contribution in [0.3, 0.4) is 0 Å². The molecule has 1 nitrogen and oxygen atoms in total. The Kier molecular flexibility index (Phi) is 5.14. The number of nitrogens with zero attached hydrogens (tertiary/aromatic N) is 1. The molecule has 0 amide bonds. The molecule has 0 atom stereocenters. The van der Waals surface area contributed by atoms with Crippen LogP contribution < -0.4 is 0 Å². The fraction of sp³-hybridized carbons (Fsp3) is 0.160. The molecule has 0 fully saturated rings. The van der Waals surface area contributed by atoms with Crippen LogP contribution in [0.4, 0.5) is 0 Å². The van der Waals surface area contributed by atoms with E-state index < -0.39 is 0 Å². The minimum Gasteiger partial charge on any atom is -0.198 e. The second-order valence-corrected chi connectivity index (χ2v) is 7.89. The second-order valence-electron chi connectivity index (χ2n) is 6.61. The van der Waals surface area contributed by atoms with Crippen molar-refractivity contribution in [3.63, 3.8) is 0 Å². The quantitative estimate of drug-likeness (QED) is 0.380. The first kappa shape index (κ1) is 17.6. The van der Waals surface area contributed by atoms with Gasteiger partial charge in [0, 0.05) is 5.75 Å². The van der Waals surface area contributed by atoms with Crippen molar-refractivity contribution in [2.75, 3.05) is 5.75 Å². The monoisotopic (exact) mass is 367 g/mol. The van der Waals surface area contributed by atoms with Crippen molar-refractivity contribution in [3.05, 3.63) is 83.9 Å². The van der Waals surface area contributed by atoms with E-state index in [1.807, 2.05) is 11.8 Å². The standard InChI is InChI=1S/C25H21NS/c1-2-27-17-21-14-12-19-8-4-6-10-23(19)25(21)24-20(15-16-26)13-11-18-7-3-5-9-22(18)24/h3-14H,2,15,17H2,1H3. The molecule has 132 valence electrons. The topological polar surface area (TPSA) is 23.8 Å². The van der Waals surface area contributed by atoms with Crippen LogP contribution in [0.2, 0.25) is 0 Å². The van der Waals surface area contributed by atoms with Crippen LogP contribution in [0.5, 0.6) is 0 Å². The van der Waals surface area contributed by atoms with E-state index in [-0.39, 0.29) is 0 Å². The summed E-state index contributed by atoms with van der Waals surface area (Å²) in [6.07, 6.45) is 0.420. The zero-order valence-electron chi connectivity index (χ0n) is 15.4. The average Bonchev–Trinajstić information content (AvgIpc) is 2.72. The average molecular weight is 368 g/mol. The summed E-state index contributed by atoms with van der Waals surface area (Å²) >= 11 is 1.94. The second kappa shape index (κ2) is 7.86. The zero-order valence-corrected chi connectivity index (χ0v) is 16.2. The number of nitriles is 1. The molecule has 27 heavy (non-hydrogen) atoms. The Hall–Kier alpha value is -2.76. The molecule has 0 N–H and O–H groups in total. The lowest BCUT2D eigenvalue weighted by Gasteiger charge is -2.18. The first-order chi connectivity index (χ1) is 13.3. The van der Waals surface area contributed by atoms with Crippen LogP contribution in [0.1, 0.15) is 18.1 Å². The molecule has 0 spiro atoms. The van der Waals surface area contributed by atoms with Gasteiger partial charge in [0.15, 0.2) is 0 Å². The van der Waals surface area contributed by atoms with E-state index in [1.54, 1.807) is 0 Å². The summed E-state index contributed by atoms with van der Waals surface area (Å²) in [5.74, 6) is 2.07. The Morgan fingerprint density at radius 1 is 0.741 bits per heavy atom. The maximum Gasteiger partial charge on any atom is 0.0669 e. The first-order valence-electron chi connectivity index (χ1n) is 9.29. The first-order valence-corrected chi connectivity index (χ1v) is 10.4. The Morgan fingerprint density at radius 2 is 1.30 bits per heavy atom. The number of hydrogen-bond donors (Lipinski definition) is 0. The van der Waals surface area contributed by atoms with E-state index in [1.165, 1.54) is 38.2 Å². The molecule has 2 heteroatoms. The summed E-state index contributed by atoms with van der Waals surface area (Å²) in [7, 11) is 0. The molecule has 0 aromatic heterocycles. The summed E-state index contributed by atoms with van der Waals surface area (Å²) in [6, 6.07) is 28.2. The predicted molar refractivity (Wildman–Crippen MR) is 118 cm³/mol. The number of benzene rings is 4. The normalized spacial score (nSPS) is 11.0. The van der Waals surface area contributed by atoms with Crippen LogP contribution in [-0.2, 0) is 12.2 Å². The fourth-order valence-corrected chi connectivity index (χ4v) is 4.45. The summed E-state index contributed by atoms with van der Waals surface area (Å²) in [4.78, 5) is 0. The van der Waals surface area contributed by atoms with Gasteiger partial charge in [0.2, 0.25) is 0 Å². The van der Waals surface area contributed by atoms with Crippen molar-refractivity contribution in [1.82, 2.24) is 0 Å². The lowest BCUT2D eigenvalue weighted by atomic mass is 9.87. The third kappa shape index (κ3) is 3.31. The molecule has 4 aromatic carbocycles. The third-order valence-electron chi connectivity index (χ3n) is 5.01. The lowest BCUT2D eigenvalue weighted by Crippen LogP contribution is -1.96. The van der Waals surface area contributed by atoms with Crippen LogP contribution in [-0.4, -0.2) is 5.75 Å². The molecule has 0 saturated carbocycles. The van der Waals surface area contributed by atoms with Crippen LogP contribution >= 0.6 is 11.8 Å². The zero-order chi connectivity index (χ0) is 18.6. The van der Waals surface area contributed by atoms with E-state index in [0.29, 0.717) is 6.42 Å².